The van der Waals surface area contributed by atoms with Crippen molar-refractivity contribution < 1.29 is 9.47 Å². The molecule has 1 rings (SSSR count). The first-order valence-corrected chi connectivity index (χ1v) is 10.4. The van der Waals surface area contributed by atoms with Crippen LogP contribution in [0, 0.1) is 5.92 Å². The standard InChI is InChI=1S/C20H41N3O2/c1-18(2)17-24-15-10-14-23-20(21-3)22-13-8-5-9-16-25-19-11-6-4-7-12-19/h18-19H,4-17H2,1-3H3,(H2,21,22,23). The first-order valence-electron chi connectivity index (χ1n) is 10.4. The van der Waals surface area contributed by atoms with E-state index < -0.39 is 0 Å². The zero-order valence-corrected chi connectivity index (χ0v) is 16.8. The predicted molar refractivity (Wildman–Crippen MR) is 106 cm³/mol. The molecule has 1 saturated carbocycles. The largest absolute Gasteiger partial charge is 0.381 e. The van der Waals surface area contributed by atoms with Crippen LogP contribution in [0.1, 0.15) is 71.6 Å². The summed E-state index contributed by atoms with van der Waals surface area (Å²) < 4.78 is 11.5. The second-order valence-corrected chi connectivity index (χ2v) is 7.44. The highest BCUT2D eigenvalue weighted by atomic mass is 16.5. The third-order valence-electron chi connectivity index (χ3n) is 4.45. The molecule has 25 heavy (non-hydrogen) atoms. The highest BCUT2D eigenvalue weighted by Crippen LogP contribution is 2.20. The van der Waals surface area contributed by atoms with E-state index in [9.17, 15) is 0 Å². The highest BCUT2D eigenvalue weighted by Gasteiger charge is 2.12. The molecule has 0 aromatic rings. The van der Waals surface area contributed by atoms with Crippen molar-refractivity contribution in [1.29, 1.82) is 0 Å². The van der Waals surface area contributed by atoms with Crippen molar-refractivity contribution in [3.8, 4) is 0 Å². The van der Waals surface area contributed by atoms with E-state index >= 15 is 0 Å². The van der Waals surface area contributed by atoms with Gasteiger partial charge in [0, 0.05) is 40.0 Å². The van der Waals surface area contributed by atoms with E-state index in [4.69, 9.17) is 9.47 Å². The normalized spacial score (nSPS) is 16.4. The molecule has 0 saturated heterocycles. The lowest BCUT2D eigenvalue weighted by atomic mass is 9.98. The molecule has 5 heteroatoms. The Morgan fingerprint density at radius 2 is 1.68 bits per heavy atom. The van der Waals surface area contributed by atoms with Gasteiger partial charge in [-0.2, -0.15) is 0 Å². The van der Waals surface area contributed by atoms with Gasteiger partial charge in [-0.1, -0.05) is 33.1 Å². The van der Waals surface area contributed by atoms with Crippen molar-refractivity contribution in [3.63, 3.8) is 0 Å². The van der Waals surface area contributed by atoms with Crippen LogP contribution in [0.25, 0.3) is 0 Å². The number of ether oxygens (including phenoxy) is 2. The first kappa shape index (κ1) is 22.2. The molecule has 0 amide bonds. The molecule has 0 heterocycles. The molecule has 1 aliphatic carbocycles. The second-order valence-electron chi connectivity index (χ2n) is 7.44. The number of nitrogens with one attached hydrogen (secondary N) is 2. The third-order valence-corrected chi connectivity index (χ3v) is 4.45. The molecule has 0 unspecified atom stereocenters. The summed E-state index contributed by atoms with van der Waals surface area (Å²) >= 11 is 0. The summed E-state index contributed by atoms with van der Waals surface area (Å²) in [6.07, 6.45) is 11.7. The fraction of sp³-hybridized carbons (Fsp3) is 0.950. The maximum Gasteiger partial charge on any atom is 0.190 e. The fourth-order valence-corrected chi connectivity index (χ4v) is 3.01. The van der Waals surface area contributed by atoms with Gasteiger partial charge in [0.25, 0.3) is 0 Å². The van der Waals surface area contributed by atoms with Gasteiger partial charge in [0.1, 0.15) is 0 Å². The van der Waals surface area contributed by atoms with Gasteiger partial charge in [-0.15, -0.1) is 0 Å². The number of guanidine groups is 1. The van der Waals surface area contributed by atoms with Crippen LogP contribution >= 0.6 is 0 Å². The molecule has 0 atom stereocenters. The number of nitrogens with zero attached hydrogens (tertiary/aromatic N) is 1. The quantitative estimate of drug-likeness (QED) is 0.300. The Hall–Kier alpha value is -0.810. The summed E-state index contributed by atoms with van der Waals surface area (Å²) in [6, 6.07) is 0. The van der Waals surface area contributed by atoms with Gasteiger partial charge >= 0.3 is 0 Å². The molecule has 0 aromatic heterocycles. The Bertz CT molecular complexity index is 329. The van der Waals surface area contributed by atoms with Crippen molar-refractivity contribution in [2.24, 2.45) is 10.9 Å². The van der Waals surface area contributed by atoms with Gasteiger partial charge in [-0.25, -0.2) is 0 Å². The SMILES string of the molecule is CN=C(NCCCCCOC1CCCCC1)NCCCOCC(C)C. The molecular formula is C20H41N3O2. The lowest BCUT2D eigenvalue weighted by Gasteiger charge is -2.21. The van der Waals surface area contributed by atoms with E-state index in [1.54, 1.807) is 0 Å². The number of aliphatic imine (C=N–C) groups is 1. The third kappa shape index (κ3) is 13.1. The lowest BCUT2D eigenvalue weighted by molar-refractivity contribution is 0.0264. The van der Waals surface area contributed by atoms with Gasteiger partial charge < -0.3 is 20.1 Å². The Labute approximate surface area is 155 Å². The average molecular weight is 356 g/mol. The summed E-state index contributed by atoms with van der Waals surface area (Å²) in [5.74, 6) is 1.50. The van der Waals surface area contributed by atoms with E-state index in [1.807, 2.05) is 7.05 Å². The number of hydrogen-bond donors (Lipinski definition) is 2. The Morgan fingerprint density at radius 3 is 2.36 bits per heavy atom. The van der Waals surface area contributed by atoms with Gasteiger partial charge in [0.15, 0.2) is 5.96 Å². The molecule has 0 spiro atoms. The zero-order valence-electron chi connectivity index (χ0n) is 16.8. The average Bonchev–Trinajstić information content (AvgIpc) is 2.62. The van der Waals surface area contributed by atoms with Crippen molar-refractivity contribution >= 4 is 5.96 Å². The van der Waals surface area contributed by atoms with Crippen LogP contribution in [0.15, 0.2) is 4.99 Å². The first-order chi connectivity index (χ1) is 12.2. The van der Waals surface area contributed by atoms with Crippen LogP contribution in [-0.4, -0.2) is 52.0 Å². The molecule has 148 valence electrons. The number of unbranched alkanes of at least 4 members (excludes halogenated alkanes) is 2. The second kappa shape index (κ2) is 15.4. The Morgan fingerprint density at radius 1 is 0.960 bits per heavy atom. The minimum absolute atomic E-state index is 0.541. The van der Waals surface area contributed by atoms with Crippen LogP contribution in [0.4, 0.5) is 0 Å². The highest BCUT2D eigenvalue weighted by molar-refractivity contribution is 5.79. The van der Waals surface area contributed by atoms with Crippen molar-refractivity contribution in [3.05, 3.63) is 0 Å². The molecular weight excluding hydrogens is 314 g/mol. The van der Waals surface area contributed by atoms with Gasteiger partial charge in [-0.3, -0.25) is 4.99 Å². The summed E-state index contributed by atoms with van der Waals surface area (Å²) in [5.41, 5.74) is 0. The van der Waals surface area contributed by atoms with Crippen molar-refractivity contribution in [2.45, 2.75) is 77.7 Å². The van der Waals surface area contributed by atoms with Crippen LogP contribution in [0.3, 0.4) is 0 Å². The lowest BCUT2D eigenvalue weighted by Crippen LogP contribution is -2.38. The van der Waals surface area contributed by atoms with E-state index in [0.717, 1.165) is 58.1 Å². The minimum atomic E-state index is 0.541. The molecule has 0 aromatic carbocycles. The van der Waals surface area contributed by atoms with Crippen LogP contribution < -0.4 is 10.6 Å². The molecule has 5 nitrogen and oxygen atoms in total. The van der Waals surface area contributed by atoms with Gasteiger partial charge in [0.05, 0.1) is 6.10 Å². The van der Waals surface area contributed by atoms with Crippen LogP contribution in [0.2, 0.25) is 0 Å². The predicted octanol–water partition coefficient (Wildman–Crippen LogP) is 3.73. The van der Waals surface area contributed by atoms with Crippen molar-refractivity contribution in [1.82, 2.24) is 10.6 Å². The Balaban J connectivity index is 1.88. The summed E-state index contributed by atoms with van der Waals surface area (Å²) in [6.45, 7) is 8.78. The molecule has 2 N–H and O–H groups in total. The smallest absolute Gasteiger partial charge is 0.190 e. The van der Waals surface area contributed by atoms with E-state index in [2.05, 4.69) is 29.5 Å². The molecule has 0 aliphatic heterocycles. The molecule has 1 fully saturated rings. The number of hydrogen-bond acceptors (Lipinski definition) is 3. The van der Waals surface area contributed by atoms with Gasteiger partial charge in [-0.05, 0) is 44.4 Å². The topological polar surface area (TPSA) is 54.9 Å². The summed E-state index contributed by atoms with van der Waals surface area (Å²) in [7, 11) is 1.82. The van der Waals surface area contributed by atoms with E-state index in [0.29, 0.717) is 12.0 Å². The fourth-order valence-electron chi connectivity index (χ4n) is 3.01. The summed E-state index contributed by atoms with van der Waals surface area (Å²) in [4.78, 5) is 4.26. The summed E-state index contributed by atoms with van der Waals surface area (Å²) in [5, 5.41) is 6.71. The minimum Gasteiger partial charge on any atom is -0.381 e. The maximum absolute atomic E-state index is 5.96. The Kier molecular flexibility index (Phi) is 13.7. The number of rotatable bonds is 13. The van der Waals surface area contributed by atoms with E-state index in [1.165, 1.54) is 38.5 Å². The van der Waals surface area contributed by atoms with Crippen LogP contribution in [-0.2, 0) is 9.47 Å². The van der Waals surface area contributed by atoms with Crippen LogP contribution in [0.5, 0.6) is 0 Å². The van der Waals surface area contributed by atoms with Crippen molar-refractivity contribution in [2.75, 3.05) is 40.0 Å². The molecule has 0 bridgehead atoms. The molecule has 0 radical (unpaired) electrons. The van der Waals surface area contributed by atoms with Gasteiger partial charge in [0.2, 0.25) is 0 Å². The maximum atomic E-state index is 5.96. The van der Waals surface area contributed by atoms with E-state index in [-0.39, 0.29) is 0 Å². The molecule has 1 aliphatic rings. The zero-order chi connectivity index (χ0) is 18.2. The monoisotopic (exact) mass is 355 g/mol.